The second kappa shape index (κ2) is 7.60. The first kappa shape index (κ1) is 20.8. The van der Waals surface area contributed by atoms with Gasteiger partial charge in [0.05, 0.1) is 5.54 Å². The molecule has 2 nitrogen and oxygen atoms in total. The normalized spacial score (nSPS) is 21.3. The SMILES string of the molecule is CC(C)C1=CC(N)(c2cc(C(C)C)cc(C(C)C)c2)CC(C(C)C)=C1N. The Morgan fingerprint density at radius 3 is 1.65 bits per heavy atom. The Labute approximate surface area is 160 Å². The van der Waals surface area contributed by atoms with Crippen LogP contribution in [0, 0.1) is 11.8 Å². The van der Waals surface area contributed by atoms with Crippen LogP contribution in [0.1, 0.15) is 90.3 Å². The lowest BCUT2D eigenvalue weighted by Gasteiger charge is -2.37. The molecule has 0 bridgehead atoms. The van der Waals surface area contributed by atoms with E-state index < -0.39 is 5.54 Å². The third-order valence-electron chi connectivity index (χ3n) is 5.72. The van der Waals surface area contributed by atoms with Gasteiger partial charge < -0.3 is 11.5 Å². The van der Waals surface area contributed by atoms with Crippen LogP contribution < -0.4 is 11.5 Å². The molecule has 2 heteroatoms. The molecule has 0 heterocycles. The van der Waals surface area contributed by atoms with Gasteiger partial charge in [-0.25, -0.2) is 0 Å². The van der Waals surface area contributed by atoms with E-state index >= 15 is 0 Å². The number of benzene rings is 1. The maximum atomic E-state index is 7.07. The largest absolute Gasteiger partial charge is 0.399 e. The van der Waals surface area contributed by atoms with Crippen LogP contribution in [-0.2, 0) is 5.54 Å². The first-order valence-corrected chi connectivity index (χ1v) is 10.1. The molecule has 0 saturated carbocycles. The van der Waals surface area contributed by atoms with E-state index in [2.05, 4.69) is 79.7 Å². The Balaban J connectivity index is 2.66. The predicted octanol–water partition coefficient (Wildman–Crippen LogP) is 5.94. The molecule has 1 aliphatic rings. The van der Waals surface area contributed by atoms with Crippen LogP contribution in [0.3, 0.4) is 0 Å². The van der Waals surface area contributed by atoms with Crippen molar-refractivity contribution >= 4 is 0 Å². The maximum absolute atomic E-state index is 7.07. The summed E-state index contributed by atoms with van der Waals surface area (Å²) in [6.07, 6.45) is 3.04. The summed E-state index contributed by atoms with van der Waals surface area (Å²) in [4.78, 5) is 0. The van der Waals surface area contributed by atoms with Crippen molar-refractivity contribution in [1.29, 1.82) is 0 Å². The minimum Gasteiger partial charge on any atom is -0.399 e. The zero-order valence-electron chi connectivity index (χ0n) is 18.0. The number of hydrogen-bond acceptors (Lipinski definition) is 2. The van der Waals surface area contributed by atoms with Crippen molar-refractivity contribution in [2.45, 2.75) is 79.2 Å². The van der Waals surface area contributed by atoms with Gasteiger partial charge in [0.15, 0.2) is 0 Å². The average Bonchev–Trinajstić information content (AvgIpc) is 2.55. The molecule has 0 fully saturated rings. The fourth-order valence-corrected chi connectivity index (χ4v) is 3.79. The number of nitrogens with two attached hydrogens (primary N) is 2. The molecule has 1 aromatic carbocycles. The summed E-state index contributed by atoms with van der Waals surface area (Å²) in [6.45, 7) is 17.8. The fraction of sp³-hybridized carbons (Fsp3) is 0.583. The molecule has 0 aromatic heterocycles. The highest BCUT2D eigenvalue weighted by atomic mass is 14.8. The van der Waals surface area contributed by atoms with Crippen molar-refractivity contribution in [3.8, 4) is 0 Å². The topological polar surface area (TPSA) is 52.0 Å². The highest BCUT2D eigenvalue weighted by molar-refractivity contribution is 5.48. The van der Waals surface area contributed by atoms with E-state index in [1.165, 1.54) is 27.8 Å². The van der Waals surface area contributed by atoms with E-state index in [1.807, 2.05) is 0 Å². The van der Waals surface area contributed by atoms with E-state index in [9.17, 15) is 0 Å². The third kappa shape index (κ3) is 4.06. The first-order chi connectivity index (χ1) is 12.0. The zero-order valence-corrected chi connectivity index (χ0v) is 18.0. The van der Waals surface area contributed by atoms with Gasteiger partial charge in [-0.1, -0.05) is 79.7 Å². The fourth-order valence-electron chi connectivity index (χ4n) is 3.79. The van der Waals surface area contributed by atoms with Gasteiger partial charge in [0.2, 0.25) is 0 Å². The van der Waals surface area contributed by atoms with Gasteiger partial charge in [0.25, 0.3) is 0 Å². The van der Waals surface area contributed by atoms with Crippen LogP contribution in [0.5, 0.6) is 0 Å². The molecule has 144 valence electrons. The molecule has 1 aromatic rings. The zero-order chi connectivity index (χ0) is 19.8. The van der Waals surface area contributed by atoms with E-state index in [1.54, 1.807) is 0 Å². The predicted molar refractivity (Wildman–Crippen MR) is 114 cm³/mol. The van der Waals surface area contributed by atoms with Crippen molar-refractivity contribution in [2.24, 2.45) is 23.3 Å². The maximum Gasteiger partial charge on any atom is 0.0640 e. The van der Waals surface area contributed by atoms with Crippen LogP contribution in [0.4, 0.5) is 0 Å². The third-order valence-corrected chi connectivity index (χ3v) is 5.72. The van der Waals surface area contributed by atoms with E-state index in [-0.39, 0.29) is 0 Å². The summed E-state index contributed by atoms with van der Waals surface area (Å²) in [7, 11) is 0. The van der Waals surface area contributed by atoms with Gasteiger partial charge in [-0.2, -0.15) is 0 Å². The Morgan fingerprint density at radius 2 is 1.27 bits per heavy atom. The molecular weight excluding hydrogens is 316 g/mol. The van der Waals surface area contributed by atoms with E-state index in [4.69, 9.17) is 11.5 Å². The van der Waals surface area contributed by atoms with Gasteiger partial charge in [-0.05, 0) is 57.9 Å². The Kier molecular flexibility index (Phi) is 6.07. The molecule has 0 radical (unpaired) electrons. The van der Waals surface area contributed by atoms with Gasteiger partial charge in [-0.15, -0.1) is 0 Å². The molecule has 2 rings (SSSR count). The quantitative estimate of drug-likeness (QED) is 0.687. The first-order valence-electron chi connectivity index (χ1n) is 10.1. The van der Waals surface area contributed by atoms with E-state index in [0.717, 1.165) is 12.1 Å². The minimum absolute atomic E-state index is 0.366. The Hall–Kier alpha value is -1.54. The van der Waals surface area contributed by atoms with Crippen LogP contribution in [0.25, 0.3) is 0 Å². The molecule has 0 spiro atoms. The van der Waals surface area contributed by atoms with Gasteiger partial charge in [0, 0.05) is 5.70 Å². The molecule has 4 N–H and O–H groups in total. The van der Waals surface area contributed by atoms with Crippen LogP contribution in [0.2, 0.25) is 0 Å². The smallest absolute Gasteiger partial charge is 0.0640 e. The molecule has 0 aliphatic heterocycles. The number of allylic oxidation sites excluding steroid dienone is 1. The average molecular weight is 355 g/mol. The van der Waals surface area contributed by atoms with Crippen molar-refractivity contribution in [3.05, 3.63) is 57.8 Å². The highest BCUT2D eigenvalue weighted by Crippen LogP contribution is 2.41. The summed E-state index contributed by atoms with van der Waals surface area (Å²) in [5, 5.41) is 0. The lowest BCUT2D eigenvalue weighted by atomic mass is 9.72. The van der Waals surface area contributed by atoms with Gasteiger partial charge in [-0.3, -0.25) is 0 Å². The van der Waals surface area contributed by atoms with Crippen molar-refractivity contribution in [2.75, 3.05) is 0 Å². The lowest BCUT2D eigenvalue weighted by Crippen LogP contribution is -2.40. The molecule has 1 unspecified atom stereocenters. The summed E-state index contributed by atoms with van der Waals surface area (Å²) >= 11 is 0. The molecular formula is C24H38N2. The van der Waals surface area contributed by atoms with E-state index in [0.29, 0.717) is 23.7 Å². The summed E-state index contributed by atoms with van der Waals surface area (Å²) < 4.78 is 0. The highest BCUT2D eigenvalue weighted by Gasteiger charge is 2.34. The van der Waals surface area contributed by atoms with Gasteiger partial charge in [0.1, 0.15) is 0 Å². The van der Waals surface area contributed by atoms with Crippen molar-refractivity contribution < 1.29 is 0 Å². The molecule has 1 atom stereocenters. The summed E-state index contributed by atoms with van der Waals surface area (Å²) in [6, 6.07) is 6.96. The monoisotopic (exact) mass is 354 g/mol. The summed E-state index contributed by atoms with van der Waals surface area (Å²) in [5.41, 5.74) is 20.5. The summed E-state index contributed by atoms with van der Waals surface area (Å²) in [5.74, 6) is 1.74. The molecule has 26 heavy (non-hydrogen) atoms. The van der Waals surface area contributed by atoms with Crippen LogP contribution in [-0.4, -0.2) is 0 Å². The van der Waals surface area contributed by atoms with Crippen molar-refractivity contribution in [1.82, 2.24) is 0 Å². The second-order valence-electron chi connectivity index (χ2n) is 9.26. The van der Waals surface area contributed by atoms with Crippen molar-refractivity contribution in [3.63, 3.8) is 0 Å². The van der Waals surface area contributed by atoms with Gasteiger partial charge >= 0.3 is 0 Å². The molecule has 0 saturated heterocycles. The van der Waals surface area contributed by atoms with Crippen LogP contribution >= 0.6 is 0 Å². The molecule has 1 aliphatic carbocycles. The lowest BCUT2D eigenvalue weighted by molar-refractivity contribution is 0.493. The standard InChI is InChI=1S/C24H38N2/c1-14(2)18-9-19(15(3)4)11-20(10-18)24(26)12-21(16(5)6)23(25)22(13-24)17(7)8/h9-12,14-17H,13,25-26H2,1-8H3. The number of rotatable bonds is 5. The Bertz CT molecular complexity index is 693. The molecule has 0 amide bonds. The Morgan fingerprint density at radius 1 is 0.769 bits per heavy atom. The number of hydrogen-bond donors (Lipinski definition) is 2. The van der Waals surface area contributed by atoms with Crippen LogP contribution in [0.15, 0.2) is 41.1 Å². The minimum atomic E-state index is -0.489. The second-order valence-corrected chi connectivity index (χ2v) is 9.26.